The summed E-state index contributed by atoms with van der Waals surface area (Å²) in [5.74, 6) is -2.74. The Kier molecular flexibility index (Phi) is 3.24. The number of carbonyl (C=O) groups is 1. The first-order chi connectivity index (χ1) is 10.0. The van der Waals surface area contributed by atoms with Gasteiger partial charge in [0.05, 0.1) is 6.42 Å². The lowest BCUT2D eigenvalue weighted by Gasteiger charge is -2.16. The van der Waals surface area contributed by atoms with Gasteiger partial charge >= 0.3 is 5.97 Å². The minimum atomic E-state index is -0.928. The summed E-state index contributed by atoms with van der Waals surface area (Å²) in [6, 6.07) is 11.4. The van der Waals surface area contributed by atoms with E-state index in [9.17, 15) is 13.6 Å². The maximum Gasteiger partial charge on any atom is 0.304 e. The van der Waals surface area contributed by atoms with E-state index in [-0.39, 0.29) is 12.0 Å². The largest absolute Gasteiger partial charge is 0.481 e. The molecule has 2 aromatic carbocycles. The van der Waals surface area contributed by atoms with Crippen LogP contribution in [0.2, 0.25) is 0 Å². The zero-order chi connectivity index (χ0) is 15.0. The number of halogens is 2. The van der Waals surface area contributed by atoms with Crippen molar-refractivity contribution in [1.29, 1.82) is 0 Å². The Hall–Kier alpha value is -2.23. The molecule has 0 heterocycles. The molecule has 0 aromatic heterocycles. The number of carboxylic acids is 1. The van der Waals surface area contributed by atoms with Crippen molar-refractivity contribution in [2.75, 3.05) is 0 Å². The number of aliphatic carboxylic acids is 1. The van der Waals surface area contributed by atoms with E-state index in [1.807, 2.05) is 0 Å². The van der Waals surface area contributed by atoms with Gasteiger partial charge in [-0.1, -0.05) is 30.3 Å². The van der Waals surface area contributed by atoms with Gasteiger partial charge in [-0.05, 0) is 36.1 Å². The zero-order valence-electron chi connectivity index (χ0n) is 11.3. The predicted molar refractivity (Wildman–Crippen MR) is 75.0 cm³/mol. The average Bonchev–Trinajstić information content (AvgIpc) is 3.22. The van der Waals surface area contributed by atoms with Gasteiger partial charge in [0, 0.05) is 11.0 Å². The van der Waals surface area contributed by atoms with Crippen LogP contribution >= 0.6 is 0 Å². The molecule has 1 saturated carbocycles. The SMILES string of the molecule is O=C(O)CC1(c2cc(F)c(F)c(-c3ccccc3)c2)CC1. The van der Waals surface area contributed by atoms with Crippen molar-refractivity contribution in [3.63, 3.8) is 0 Å². The molecule has 108 valence electrons. The molecule has 4 heteroatoms. The lowest BCUT2D eigenvalue weighted by molar-refractivity contribution is -0.137. The number of carboxylic acid groups (broad SMARTS) is 1. The number of rotatable bonds is 4. The highest BCUT2D eigenvalue weighted by Gasteiger charge is 2.46. The van der Waals surface area contributed by atoms with Crippen molar-refractivity contribution in [3.8, 4) is 11.1 Å². The fourth-order valence-corrected chi connectivity index (χ4v) is 2.73. The number of hydrogen-bond donors (Lipinski definition) is 1. The van der Waals surface area contributed by atoms with E-state index in [2.05, 4.69) is 0 Å². The molecule has 0 spiro atoms. The molecular formula is C17H14F2O2. The zero-order valence-corrected chi connectivity index (χ0v) is 11.3. The normalized spacial score (nSPS) is 15.7. The van der Waals surface area contributed by atoms with Crippen molar-refractivity contribution >= 4 is 5.97 Å². The van der Waals surface area contributed by atoms with Crippen LogP contribution < -0.4 is 0 Å². The quantitative estimate of drug-likeness (QED) is 0.918. The Morgan fingerprint density at radius 2 is 1.81 bits per heavy atom. The van der Waals surface area contributed by atoms with Crippen molar-refractivity contribution in [3.05, 3.63) is 59.7 Å². The molecule has 0 atom stereocenters. The highest BCUT2D eigenvalue weighted by Crippen LogP contribution is 2.52. The Bertz CT molecular complexity index is 691. The van der Waals surface area contributed by atoms with Gasteiger partial charge in [-0.15, -0.1) is 0 Å². The van der Waals surface area contributed by atoms with Crippen molar-refractivity contribution < 1.29 is 18.7 Å². The summed E-state index contributed by atoms with van der Waals surface area (Å²) in [4.78, 5) is 11.0. The number of benzene rings is 2. The fourth-order valence-electron chi connectivity index (χ4n) is 2.73. The lowest BCUT2D eigenvalue weighted by atomic mass is 9.89. The Morgan fingerprint density at radius 3 is 2.38 bits per heavy atom. The lowest BCUT2D eigenvalue weighted by Crippen LogP contribution is -2.14. The summed E-state index contributed by atoms with van der Waals surface area (Å²) in [7, 11) is 0. The van der Waals surface area contributed by atoms with E-state index >= 15 is 0 Å². The third kappa shape index (κ3) is 2.53. The van der Waals surface area contributed by atoms with Crippen molar-refractivity contribution in [2.45, 2.75) is 24.7 Å². The van der Waals surface area contributed by atoms with E-state index in [1.165, 1.54) is 0 Å². The molecule has 0 unspecified atom stereocenters. The number of hydrogen-bond acceptors (Lipinski definition) is 1. The second kappa shape index (κ2) is 4.95. The smallest absolute Gasteiger partial charge is 0.304 e. The van der Waals surface area contributed by atoms with E-state index < -0.39 is 23.0 Å². The van der Waals surface area contributed by atoms with Gasteiger partial charge in [-0.2, -0.15) is 0 Å². The minimum absolute atomic E-state index is 0.0493. The van der Waals surface area contributed by atoms with Crippen LogP contribution in [0.5, 0.6) is 0 Å². The molecule has 0 radical (unpaired) electrons. The van der Waals surface area contributed by atoms with Gasteiger partial charge in [-0.3, -0.25) is 4.79 Å². The highest BCUT2D eigenvalue weighted by molar-refractivity contribution is 5.71. The summed E-state index contributed by atoms with van der Waals surface area (Å²) in [5.41, 5.74) is 0.802. The van der Waals surface area contributed by atoms with E-state index in [0.29, 0.717) is 24.0 Å². The molecule has 0 bridgehead atoms. The first kappa shape index (κ1) is 13.7. The predicted octanol–water partition coefficient (Wildman–Crippen LogP) is 4.14. The standard InChI is InChI=1S/C17H14F2O2/c18-14-9-12(17(6-7-17)10-15(20)21)8-13(16(14)19)11-4-2-1-3-5-11/h1-5,8-9H,6-7,10H2,(H,20,21). The third-order valence-electron chi connectivity index (χ3n) is 4.07. The van der Waals surface area contributed by atoms with E-state index in [4.69, 9.17) is 5.11 Å². The molecule has 2 nitrogen and oxygen atoms in total. The van der Waals surface area contributed by atoms with Crippen LogP contribution in [-0.4, -0.2) is 11.1 Å². The third-order valence-corrected chi connectivity index (χ3v) is 4.07. The summed E-state index contributed by atoms with van der Waals surface area (Å²) >= 11 is 0. The average molecular weight is 288 g/mol. The molecule has 1 N–H and O–H groups in total. The molecular weight excluding hydrogens is 274 g/mol. The van der Waals surface area contributed by atoms with Crippen LogP contribution in [0.1, 0.15) is 24.8 Å². The summed E-state index contributed by atoms with van der Waals surface area (Å²) < 4.78 is 27.9. The fraction of sp³-hybridized carbons (Fsp3) is 0.235. The van der Waals surface area contributed by atoms with Gasteiger partial charge in [0.25, 0.3) is 0 Å². The van der Waals surface area contributed by atoms with Crippen LogP contribution in [0.15, 0.2) is 42.5 Å². The molecule has 0 saturated heterocycles. The Morgan fingerprint density at radius 1 is 1.14 bits per heavy atom. The van der Waals surface area contributed by atoms with Crippen molar-refractivity contribution in [2.24, 2.45) is 0 Å². The van der Waals surface area contributed by atoms with E-state index in [0.717, 1.165) is 6.07 Å². The molecule has 0 amide bonds. The minimum Gasteiger partial charge on any atom is -0.481 e. The van der Waals surface area contributed by atoms with Gasteiger partial charge in [-0.25, -0.2) is 8.78 Å². The maximum atomic E-state index is 14.0. The van der Waals surface area contributed by atoms with Gasteiger partial charge < -0.3 is 5.11 Å². The molecule has 1 fully saturated rings. The molecule has 2 aromatic rings. The molecule has 0 aliphatic heterocycles. The maximum absolute atomic E-state index is 14.0. The molecule has 21 heavy (non-hydrogen) atoms. The molecule has 1 aliphatic carbocycles. The summed E-state index contributed by atoms with van der Waals surface area (Å²) in [6.07, 6.45) is 1.34. The highest BCUT2D eigenvalue weighted by atomic mass is 19.2. The van der Waals surface area contributed by atoms with Crippen LogP contribution in [0, 0.1) is 11.6 Å². The van der Waals surface area contributed by atoms with Crippen LogP contribution in [-0.2, 0) is 10.2 Å². The van der Waals surface area contributed by atoms with Crippen LogP contribution in [0.4, 0.5) is 8.78 Å². The monoisotopic (exact) mass is 288 g/mol. The van der Waals surface area contributed by atoms with Crippen LogP contribution in [0.3, 0.4) is 0 Å². The second-order valence-electron chi connectivity index (χ2n) is 5.54. The molecule has 3 rings (SSSR count). The topological polar surface area (TPSA) is 37.3 Å². The molecule has 1 aliphatic rings. The van der Waals surface area contributed by atoms with E-state index in [1.54, 1.807) is 36.4 Å². The first-order valence-electron chi connectivity index (χ1n) is 6.79. The Labute approximate surface area is 121 Å². The van der Waals surface area contributed by atoms with Gasteiger partial charge in [0.1, 0.15) is 0 Å². The summed E-state index contributed by atoms with van der Waals surface area (Å²) in [6.45, 7) is 0. The van der Waals surface area contributed by atoms with Gasteiger partial charge in [0.2, 0.25) is 0 Å². The van der Waals surface area contributed by atoms with Gasteiger partial charge in [0.15, 0.2) is 11.6 Å². The first-order valence-corrected chi connectivity index (χ1v) is 6.79. The van der Waals surface area contributed by atoms with Crippen molar-refractivity contribution in [1.82, 2.24) is 0 Å². The summed E-state index contributed by atoms with van der Waals surface area (Å²) in [5, 5.41) is 8.99. The Balaban J connectivity index is 2.09. The van der Waals surface area contributed by atoms with Crippen LogP contribution in [0.25, 0.3) is 11.1 Å². The second-order valence-corrected chi connectivity index (χ2v) is 5.54.